The van der Waals surface area contributed by atoms with Crippen molar-refractivity contribution in [2.45, 2.75) is 4.90 Å². The molecule has 0 aliphatic carbocycles. The largest absolute Gasteiger partial charge is 0.370 e. The molecule has 17 heavy (non-hydrogen) atoms. The normalized spacial score (nSPS) is 10.2. The number of carbonyl (C=O) groups excluding carboxylic acids is 1. The van der Waals surface area contributed by atoms with Crippen LogP contribution in [0.3, 0.4) is 0 Å². The van der Waals surface area contributed by atoms with E-state index >= 15 is 0 Å². The predicted molar refractivity (Wildman–Crippen MR) is 66.2 cm³/mol. The molecular formula is C9H12ClN3O3S. The van der Waals surface area contributed by atoms with E-state index in [1.54, 1.807) is 0 Å². The highest BCUT2D eigenvalue weighted by molar-refractivity contribution is 7.90. The number of hydrogen-bond donors (Lipinski definition) is 3. The maximum absolute atomic E-state index is 11.4. The Morgan fingerprint density at radius 3 is 2.47 bits per heavy atom. The molecule has 1 amide bonds. The van der Waals surface area contributed by atoms with Crippen LogP contribution in [-0.4, -0.2) is 26.5 Å². The van der Waals surface area contributed by atoms with Gasteiger partial charge in [0, 0.05) is 11.8 Å². The Kier molecular flexibility index (Phi) is 5.11. The van der Waals surface area contributed by atoms with E-state index in [1.165, 1.54) is 24.3 Å². The fourth-order valence-electron chi connectivity index (χ4n) is 1.06. The van der Waals surface area contributed by atoms with E-state index in [1.807, 2.05) is 0 Å². The SMILES string of the molecule is CS(=O)(=O)c1cccc(C(=O)NC(=N)N)c1.Cl. The van der Waals surface area contributed by atoms with Crippen LogP contribution in [0.15, 0.2) is 29.2 Å². The number of guanidine groups is 1. The molecule has 0 aromatic heterocycles. The van der Waals surface area contributed by atoms with E-state index in [0.29, 0.717) is 0 Å². The molecule has 1 aromatic rings. The third kappa shape index (κ3) is 4.41. The second-order valence-electron chi connectivity index (χ2n) is 3.17. The standard InChI is InChI=1S/C9H11N3O3S.ClH/c1-16(14,15)7-4-2-3-6(5-7)8(13)12-9(10)11;/h2-5H,1H3,(H4,10,11,12,13);1H. The highest BCUT2D eigenvalue weighted by Crippen LogP contribution is 2.10. The lowest BCUT2D eigenvalue weighted by molar-refractivity contribution is 0.0976. The van der Waals surface area contributed by atoms with Crippen LogP contribution < -0.4 is 11.1 Å². The Balaban J connectivity index is 0.00000256. The van der Waals surface area contributed by atoms with Crippen molar-refractivity contribution in [1.82, 2.24) is 5.32 Å². The zero-order chi connectivity index (χ0) is 12.3. The lowest BCUT2D eigenvalue weighted by Gasteiger charge is -2.04. The second-order valence-corrected chi connectivity index (χ2v) is 5.18. The summed E-state index contributed by atoms with van der Waals surface area (Å²) in [6.45, 7) is 0. The van der Waals surface area contributed by atoms with Crippen molar-refractivity contribution < 1.29 is 13.2 Å². The van der Waals surface area contributed by atoms with Crippen molar-refractivity contribution in [1.29, 1.82) is 5.41 Å². The Morgan fingerprint density at radius 1 is 1.41 bits per heavy atom. The van der Waals surface area contributed by atoms with Crippen molar-refractivity contribution >= 4 is 34.1 Å². The number of rotatable bonds is 2. The number of halogens is 1. The third-order valence-corrected chi connectivity index (χ3v) is 2.88. The molecule has 0 saturated carbocycles. The van der Waals surface area contributed by atoms with Crippen LogP contribution in [0, 0.1) is 5.41 Å². The summed E-state index contributed by atoms with van der Waals surface area (Å²) in [6, 6.07) is 5.51. The van der Waals surface area contributed by atoms with Gasteiger partial charge in [0.1, 0.15) is 0 Å². The summed E-state index contributed by atoms with van der Waals surface area (Å²) >= 11 is 0. The van der Waals surface area contributed by atoms with Crippen molar-refractivity contribution in [3.63, 3.8) is 0 Å². The van der Waals surface area contributed by atoms with Gasteiger partial charge in [-0.15, -0.1) is 12.4 Å². The van der Waals surface area contributed by atoms with Crippen LogP contribution in [0.25, 0.3) is 0 Å². The number of amides is 1. The molecule has 0 atom stereocenters. The Morgan fingerprint density at radius 2 is 2.00 bits per heavy atom. The molecule has 8 heteroatoms. The molecule has 0 saturated heterocycles. The first-order valence-corrected chi connectivity index (χ1v) is 6.15. The van der Waals surface area contributed by atoms with Gasteiger partial charge in [-0.1, -0.05) is 6.07 Å². The first-order valence-electron chi connectivity index (χ1n) is 4.26. The minimum Gasteiger partial charge on any atom is -0.370 e. The van der Waals surface area contributed by atoms with Gasteiger partial charge in [0.2, 0.25) is 0 Å². The van der Waals surface area contributed by atoms with Gasteiger partial charge in [-0.2, -0.15) is 0 Å². The number of hydrogen-bond acceptors (Lipinski definition) is 4. The second kappa shape index (κ2) is 5.65. The van der Waals surface area contributed by atoms with Crippen molar-refractivity contribution in [2.24, 2.45) is 5.73 Å². The van der Waals surface area contributed by atoms with Gasteiger partial charge in [-0.05, 0) is 18.2 Å². The molecule has 0 unspecified atom stereocenters. The number of nitrogens with two attached hydrogens (primary N) is 1. The lowest BCUT2D eigenvalue weighted by Crippen LogP contribution is -2.35. The Bertz CT molecular complexity index is 542. The first kappa shape index (κ1) is 15.4. The maximum atomic E-state index is 11.4. The molecule has 4 N–H and O–H groups in total. The van der Waals surface area contributed by atoms with Crippen LogP contribution in [-0.2, 0) is 9.84 Å². The molecule has 0 heterocycles. The fourth-order valence-corrected chi connectivity index (χ4v) is 1.73. The molecule has 0 aliphatic rings. The lowest BCUT2D eigenvalue weighted by atomic mass is 10.2. The van der Waals surface area contributed by atoms with Gasteiger partial charge >= 0.3 is 0 Å². The zero-order valence-corrected chi connectivity index (χ0v) is 10.6. The number of carbonyl (C=O) groups is 1. The quantitative estimate of drug-likeness (QED) is 0.527. The van der Waals surface area contributed by atoms with Gasteiger partial charge in [0.05, 0.1) is 4.90 Å². The highest BCUT2D eigenvalue weighted by Gasteiger charge is 2.11. The molecule has 94 valence electrons. The van der Waals surface area contributed by atoms with Gasteiger partial charge in [0.15, 0.2) is 15.8 Å². The molecule has 6 nitrogen and oxygen atoms in total. The number of sulfone groups is 1. The molecule has 0 radical (unpaired) electrons. The molecular weight excluding hydrogens is 266 g/mol. The van der Waals surface area contributed by atoms with E-state index < -0.39 is 21.7 Å². The number of nitrogens with one attached hydrogen (secondary N) is 2. The summed E-state index contributed by atoms with van der Waals surface area (Å²) in [5, 5.41) is 8.94. The van der Waals surface area contributed by atoms with Crippen molar-refractivity contribution in [2.75, 3.05) is 6.26 Å². The van der Waals surface area contributed by atoms with E-state index in [4.69, 9.17) is 11.1 Å². The fraction of sp³-hybridized carbons (Fsp3) is 0.111. The minimum absolute atomic E-state index is 0. The van der Waals surface area contributed by atoms with Crippen LogP contribution >= 0.6 is 12.4 Å². The van der Waals surface area contributed by atoms with E-state index in [2.05, 4.69) is 5.32 Å². The molecule has 1 aromatic carbocycles. The molecule has 0 fully saturated rings. The maximum Gasteiger partial charge on any atom is 0.257 e. The van der Waals surface area contributed by atoms with Gasteiger partial charge in [0.25, 0.3) is 5.91 Å². The average molecular weight is 278 g/mol. The topological polar surface area (TPSA) is 113 Å². The van der Waals surface area contributed by atoms with E-state index in [-0.39, 0.29) is 22.9 Å². The van der Waals surface area contributed by atoms with E-state index in [9.17, 15) is 13.2 Å². The highest BCUT2D eigenvalue weighted by atomic mass is 35.5. The average Bonchev–Trinajstić information content (AvgIpc) is 2.15. The summed E-state index contributed by atoms with van der Waals surface area (Å²) in [5.41, 5.74) is 5.12. The van der Waals surface area contributed by atoms with E-state index in [0.717, 1.165) is 6.26 Å². The van der Waals surface area contributed by atoms with Gasteiger partial charge < -0.3 is 5.73 Å². The van der Waals surface area contributed by atoms with Crippen LogP contribution in [0.4, 0.5) is 0 Å². The van der Waals surface area contributed by atoms with Gasteiger partial charge in [-0.3, -0.25) is 15.5 Å². The van der Waals surface area contributed by atoms with Crippen molar-refractivity contribution in [3.8, 4) is 0 Å². The van der Waals surface area contributed by atoms with Crippen LogP contribution in [0.2, 0.25) is 0 Å². The first-order chi connectivity index (χ1) is 7.30. The predicted octanol–water partition coefficient (Wildman–Crippen LogP) is 0.135. The third-order valence-electron chi connectivity index (χ3n) is 1.77. The molecule has 1 rings (SSSR count). The summed E-state index contributed by atoms with van der Waals surface area (Å²) in [7, 11) is -3.35. The summed E-state index contributed by atoms with van der Waals surface area (Å²) in [4.78, 5) is 11.5. The summed E-state index contributed by atoms with van der Waals surface area (Å²) < 4.78 is 22.5. The smallest absolute Gasteiger partial charge is 0.257 e. The summed E-state index contributed by atoms with van der Waals surface area (Å²) in [6.07, 6.45) is 1.05. The minimum atomic E-state index is -3.35. The molecule has 0 spiro atoms. The monoisotopic (exact) mass is 277 g/mol. The molecule has 0 aliphatic heterocycles. The molecule has 0 bridgehead atoms. The summed E-state index contributed by atoms with van der Waals surface area (Å²) in [5.74, 6) is -1.10. The Hall–Kier alpha value is -1.60. The van der Waals surface area contributed by atoms with Gasteiger partial charge in [-0.25, -0.2) is 8.42 Å². The van der Waals surface area contributed by atoms with Crippen molar-refractivity contribution in [3.05, 3.63) is 29.8 Å². The van der Waals surface area contributed by atoms with Crippen LogP contribution in [0.1, 0.15) is 10.4 Å². The van der Waals surface area contributed by atoms with Crippen LogP contribution in [0.5, 0.6) is 0 Å². The Labute approximate surface area is 105 Å². The number of benzene rings is 1. The zero-order valence-electron chi connectivity index (χ0n) is 8.93.